The number of halogens is 3. The minimum absolute atomic E-state index is 0.00431. The third-order valence-corrected chi connectivity index (χ3v) is 6.66. The summed E-state index contributed by atoms with van der Waals surface area (Å²) >= 11 is 0. The van der Waals surface area contributed by atoms with E-state index in [1.165, 1.54) is 12.1 Å². The summed E-state index contributed by atoms with van der Waals surface area (Å²) in [5.41, 5.74) is 6.10. The summed E-state index contributed by atoms with van der Waals surface area (Å²) in [5, 5.41) is 5.25. The number of nitrogens with two attached hydrogens (primary N) is 1. The van der Waals surface area contributed by atoms with Crippen LogP contribution in [0.4, 0.5) is 19.0 Å². The van der Waals surface area contributed by atoms with E-state index in [-0.39, 0.29) is 24.1 Å². The van der Waals surface area contributed by atoms with Gasteiger partial charge in [0.2, 0.25) is 5.91 Å². The monoisotopic (exact) mass is 475 g/mol. The molecule has 0 atom stereocenters. The fraction of sp³-hybridized carbons (Fsp3) is 0.458. The summed E-state index contributed by atoms with van der Waals surface area (Å²) < 4.78 is 38.4. The van der Waals surface area contributed by atoms with Gasteiger partial charge in [-0.1, -0.05) is 12.1 Å². The Kier molecular flexibility index (Phi) is 7.06. The first kappa shape index (κ1) is 24.0. The second-order valence-electron chi connectivity index (χ2n) is 8.96. The summed E-state index contributed by atoms with van der Waals surface area (Å²) in [6.45, 7) is 1.21. The third kappa shape index (κ3) is 5.67. The zero-order valence-electron chi connectivity index (χ0n) is 18.6. The number of amides is 2. The number of nitrogens with zero attached hydrogens (tertiary/aromatic N) is 2. The van der Waals surface area contributed by atoms with Gasteiger partial charge >= 0.3 is 6.18 Å². The predicted octanol–water partition coefficient (Wildman–Crippen LogP) is 2.94. The summed E-state index contributed by atoms with van der Waals surface area (Å²) in [6.07, 6.45) is 1.40. The summed E-state index contributed by atoms with van der Waals surface area (Å²) in [5.74, 6) is -0.0387. The highest BCUT2D eigenvalue weighted by Gasteiger charge is 2.36. The highest BCUT2D eigenvalue weighted by molar-refractivity contribution is 5.96. The van der Waals surface area contributed by atoms with Crippen LogP contribution in [0.5, 0.6) is 0 Å². The smallest absolute Gasteiger partial charge is 0.383 e. The predicted molar refractivity (Wildman–Crippen MR) is 121 cm³/mol. The molecule has 10 heteroatoms. The first-order valence-corrected chi connectivity index (χ1v) is 11.4. The number of anilines is 1. The Morgan fingerprint density at radius 3 is 2.50 bits per heavy atom. The molecule has 1 aliphatic carbocycles. The Bertz CT molecular complexity index is 1030. The topological polar surface area (TPSA) is 100 Å². The molecular formula is C24H28F3N5O2. The number of likely N-dealkylation sites (tertiary alicyclic amines) is 1. The van der Waals surface area contributed by atoms with Crippen LogP contribution in [0.3, 0.4) is 0 Å². The summed E-state index contributed by atoms with van der Waals surface area (Å²) in [4.78, 5) is 30.9. The molecule has 1 aromatic heterocycles. The number of rotatable bonds is 6. The van der Waals surface area contributed by atoms with E-state index in [2.05, 4.69) is 20.5 Å². The van der Waals surface area contributed by atoms with E-state index in [0.717, 1.165) is 56.5 Å². The van der Waals surface area contributed by atoms with Crippen molar-refractivity contribution in [2.24, 2.45) is 0 Å². The van der Waals surface area contributed by atoms with Gasteiger partial charge in [0.1, 0.15) is 5.82 Å². The maximum atomic E-state index is 12.8. The van der Waals surface area contributed by atoms with Crippen LogP contribution in [0.2, 0.25) is 0 Å². The number of hydrogen-bond acceptors (Lipinski definition) is 5. The van der Waals surface area contributed by atoms with E-state index >= 15 is 0 Å². The lowest BCUT2D eigenvalue weighted by molar-refractivity contribution is -0.137. The molecule has 4 rings (SSSR count). The van der Waals surface area contributed by atoms with Gasteiger partial charge in [0.25, 0.3) is 5.91 Å². The van der Waals surface area contributed by atoms with Gasteiger partial charge < -0.3 is 16.4 Å². The molecule has 1 saturated heterocycles. The molecule has 34 heavy (non-hydrogen) atoms. The zero-order valence-corrected chi connectivity index (χ0v) is 18.6. The van der Waals surface area contributed by atoms with Crippen LogP contribution in [0, 0.1) is 0 Å². The minimum Gasteiger partial charge on any atom is -0.383 e. The van der Waals surface area contributed by atoms with E-state index in [0.29, 0.717) is 17.8 Å². The van der Waals surface area contributed by atoms with Gasteiger partial charge in [-0.3, -0.25) is 14.5 Å². The average molecular weight is 476 g/mol. The maximum absolute atomic E-state index is 12.8. The molecule has 1 saturated carbocycles. The average Bonchev–Trinajstić information content (AvgIpc) is 2.79. The van der Waals surface area contributed by atoms with Crippen LogP contribution in [-0.4, -0.2) is 53.4 Å². The molecule has 2 amide bonds. The first-order valence-electron chi connectivity index (χ1n) is 11.4. The number of benzene rings is 1. The Morgan fingerprint density at radius 1 is 1.09 bits per heavy atom. The van der Waals surface area contributed by atoms with Crippen LogP contribution >= 0.6 is 0 Å². The number of alkyl halides is 3. The van der Waals surface area contributed by atoms with Gasteiger partial charge in [-0.2, -0.15) is 13.2 Å². The lowest BCUT2D eigenvalue weighted by Gasteiger charge is -2.46. The van der Waals surface area contributed by atoms with Crippen LogP contribution in [0.15, 0.2) is 42.6 Å². The normalized spacial score (nSPS) is 21.5. The number of nitrogen functional groups attached to an aromatic ring is 1. The highest BCUT2D eigenvalue weighted by Crippen LogP contribution is 2.37. The van der Waals surface area contributed by atoms with Gasteiger partial charge in [-0.05, 0) is 61.4 Å². The Hall–Kier alpha value is -3.14. The quantitative estimate of drug-likeness (QED) is 0.597. The zero-order chi connectivity index (χ0) is 24.3. The molecule has 0 unspecified atom stereocenters. The molecule has 0 radical (unpaired) electrons. The van der Waals surface area contributed by atoms with Crippen molar-refractivity contribution in [2.45, 2.75) is 49.9 Å². The third-order valence-electron chi connectivity index (χ3n) is 6.66. The van der Waals surface area contributed by atoms with Gasteiger partial charge in [-0.25, -0.2) is 4.98 Å². The molecule has 0 spiro atoms. The van der Waals surface area contributed by atoms with Crippen molar-refractivity contribution < 1.29 is 22.8 Å². The largest absolute Gasteiger partial charge is 0.416 e. The van der Waals surface area contributed by atoms with Crippen LogP contribution < -0.4 is 16.4 Å². The molecule has 1 aliphatic heterocycles. The van der Waals surface area contributed by atoms with E-state index in [9.17, 15) is 22.8 Å². The minimum atomic E-state index is -4.53. The molecular weight excluding hydrogens is 447 g/mol. The second-order valence-corrected chi connectivity index (χ2v) is 8.96. The van der Waals surface area contributed by atoms with Crippen molar-refractivity contribution in [3.8, 4) is 0 Å². The number of pyridine rings is 1. The van der Waals surface area contributed by atoms with Crippen LogP contribution in [0.1, 0.15) is 53.1 Å². The van der Waals surface area contributed by atoms with Crippen molar-refractivity contribution in [1.29, 1.82) is 0 Å². The lowest BCUT2D eigenvalue weighted by atomic mass is 9.80. The summed E-state index contributed by atoms with van der Waals surface area (Å²) in [6, 6.07) is 8.56. The molecule has 2 aromatic rings. The van der Waals surface area contributed by atoms with Gasteiger partial charge in [0, 0.05) is 30.9 Å². The molecule has 2 aliphatic rings. The van der Waals surface area contributed by atoms with Crippen molar-refractivity contribution in [2.75, 3.05) is 25.4 Å². The Balaban J connectivity index is 1.16. The van der Waals surface area contributed by atoms with Gasteiger partial charge in [0.05, 0.1) is 18.2 Å². The lowest BCUT2D eigenvalue weighted by Crippen LogP contribution is -2.63. The number of aromatic nitrogens is 1. The van der Waals surface area contributed by atoms with Crippen molar-refractivity contribution in [3.05, 3.63) is 59.3 Å². The van der Waals surface area contributed by atoms with Crippen LogP contribution in [-0.2, 0) is 11.0 Å². The Morgan fingerprint density at radius 2 is 1.82 bits per heavy atom. The summed E-state index contributed by atoms with van der Waals surface area (Å²) in [7, 11) is 0. The molecule has 4 N–H and O–H groups in total. The first-order chi connectivity index (χ1) is 16.2. The number of carbonyl (C=O) groups excluding carboxylic acids is 2. The fourth-order valence-corrected chi connectivity index (χ4v) is 4.81. The van der Waals surface area contributed by atoms with Crippen molar-refractivity contribution in [3.63, 3.8) is 0 Å². The molecule has 0 bridgehead atoms. The maximum Gasteiger partial charge on any atom is 0.416 e. The number of hydrogen-bond donors (Lipinski definition) is 3. The highest BCUT2D eigenvalue weighted by atomic mass is 19.4. The number of nitrogens with one attached hydrogen (secondary N) is 2. The van der Waals surface area contributed by atoms with E-state index in [1.54, 1.807) is 6.20 Å². The van der Waals surface area contributed by atoms with E-state index in [4.69, 9.17) is 5.73 Å². The Labute approximate surface area is 195 Å². The fourth-order valence-electron chi connectivity index (χ4n) is 4.81. The SMILES string of the molecule is Nc1ncccc1[C@H]1CC[C@@H](N2CC(NC(=O)CNC(=O)c3cccc(C(F)(F)F)c3)C2)CC1. The standard InChI is InChI=1S/C24H28F3N5O2/c25-24(26,27)17-4-1-3-16(11-17)23(34)30-12-21(33)31-18-13-32(14-18)19-8-6-15(7-9-19)20-5-2-10-29-22(20)28/h1-5,10-11,15,18-19H,6-9,12-14H2,(H2,28,29)(H,30,34)(H,31,33)/t15-,19+. The second kappa shape index (κ2) is 10.0. The van der Waals surface area contributed by atoms with E-state index in [1.807, 2.05) is 12.1 Å². The van der Waals surface area contributed by atoms with Crippen LogP contribution in [0.25, 0.3) is 0 Å². The molecule has 182 valence electrons. The van der Waals surface area contributed by atoms with Crippen molar-refractivity contribution >= 4 is 17.6 Å². The van der Waals surface area contributed by atoms with Gasteiger partial charge in [-0.15, -0.1) is 0 Å². The molecule has 2 fully saturated rings. The molecule has 7 nitrogen and oxygen atoms in total. The van der Waals surface area contributed by atoms with E-state index < -0.39 is 17.6 Å². The molecule has 2 heterocycles. The van der Waals surface area contributed by atoms with Crippen molar-refractivity contribution in [1.82, 2.24) is 20.5 Å². The molecule has 1 aromatic carbocycles. The van der Waals surface area contributed by atoms with Gasteiger partial charge in [0.15, 0.2) is 0 Å². The number of carbonyl (C=O) groups is 2.